The van der Waals surface area contributed by atoms with Crippen LogP contribution in [0.15, 0.2) is 41.4 Å². The number of para-hydroxylation sites is 1. The maximum Gasteiger partial charge on any atom is 0.273 e. The van der Waals surface area contributed by atoms with Crippen LogP contribution >= 0.6 is 0 Å². The van der Waals surface area contributed by atoms with Crippen molar-refractivity contribution >= 4 is 17.6 Å². The molecule has 0 saturated heterocycles. The number of ether oxygens (including phenoxy) is 1. The van der Waals surface area contributed by atoms with Crippen LogP contribution in [-0.4, -0.2) is 28.5 Å². The number of nitrogens with zero attached hydrogens (tertiary/aromatic N) is 2. The Labute approximate surface area is 119 Å². The van der Waals surface area contributed by atoms with Crippen LogP contribution in [0.4, 0.5) is 11.4 Å². The normalized spacial score (nSPS) is 10.7. The molecule has 0 aliphatic rings. The fourth-order valence-electron chi connectivity index (χ4n) is 1.68. The Kier molecular flexibility index (Phi) is 4.03. The SMILES string of the molecule is COc1cccc(C=Nc2ccc([N+](=O)[O-])cc2O)c1O. The molecule has 0 saturated carbocycles. The molecule has 0 aromatic heterocycles. The van der Waals surface area contributed by atoms with Gasteiger partial charge >= 0.3 is 0 Å². The number of phenolic OH excluding ortho intramolecular Hbond substituents is 2. The highest BCUT2D eigenvalue weighted by Gasteiger charge is 2.10. The van der Waals surface area contributed by atoms with E-state index < -0.39 is 4.92 Å². The smallest absolute Gasteiger partial charge is 0.273 e. The van der Waals surface area contributed by atoms with E-state index in [0.717, 1.165) is 6.07 Å². The van der Waals surface area contributed by atoms with Crippen LogP contribution in [0.5, 0.6) is 17.2 Å². The molecule has 0 bridgehead atoms. The number of aliphatic imine (C=N–C) groups is 1. The lowest BCUT2D eigenvalue weighted by atomic mass is 10.2. The van der Waals surface area contributed by atoms with Gasteiger partial charge in [0.15, 0.2) is 11.5 Å². The Morgan fingerprint density at radius 2 is 2.05 bits per heavy atom. The van der Waals surface area contributed by atoms with Gasteiger partial charge in [-0.1, -0.05) is 6.07 Å². The third-order valence-corrected chi connectivity index (χ3v) is 2.76. The van der Waals surface area contributed by atoms with Crippen molar-refractivity contribution in [3.05, 3.63) is 52.1 Å². The summed E-state index contributed by atoms with van der Waals surface area (Å²) in [6.45, 7) is 0. The Morgan fingerprint density at radius 3 is 2.67 bits per heavy atom. The number of hydrogen-bond acceptors (Lipinski definition) is 6. The van der Waals surface area contributed by atoms with Crippen LogP contribution in [0, 0.1) is 10.1 Å². The molecule has 2 aromatic carbocycles. The number of phenols is 2. The zero-order chi connectivity index (χ0) is 15.4. The third kappa shape index (κ3) is 3.08. The first-order valence-electron chi connectivity index (χ1n) is 5.90. The Bertz CT molecular complexity index is 713. The number of hydrogen-bond donors (Lipinski definition) is 2. The molecular formula is C14H12N2O5. The predicted molar refractivity (Wildman–Crippen MR) is 76.7 cm³/mol. The quantitative estimate of drug-likeness (QED) is 0.511. The maximum absolute atomic E-state index is 10.6. The van der Waals surface area contributed by atoms with E-state index in [0.29, 0.717) is 11.3 Å². The largest absolute Gasteiger partial charge is 0.505 e. The molecule has 0 aliphatic carbocycles. The number of rotatable bonds is 4. The zero-order valence-electron chi connectivity index (χ0n) is 11.1. The number of benzene rings is 2. The highest BCUT2D eigenvalue weighted by atomic mass is 16.6. The summed E-state index contributed by atoms with van der Waals surface area (Å²) < 4.78 is 4.97. The van der Waals surface area contributed by atoms with E-state index in [2.05, 4.69) is 4.99 Å². The van der Waals surface area contributed by atoms with Gasteiger partial charge in [0.25, 0.3) is 5.69 Å². The molecule has 2 rings (SSSR count). The highest BCUT2D eigenvalue weighted by Crippen LogP contribution is 2.32. The van der Waals surface area contributed by atoms with Crippen molar-refractivity contribution in [2.45, 2.75) is 0 Å². The summed E-state index contributed by atoms with van der Waals surface area (Å²) in [5.41, 5.74) is 0.325. The molecule has 108 valence electrons. The molecule has 7 nitrogen and oxygen atoms in total. The second kappa shape index (κ2) is 5.91. The van der Waals surface area contributed by atoms with Gasteiger partial charge in [-0.25, -0.2) is 0 Å². The highest BCUT2D eigenvalue weighted by molar-refractivity contribution is 5.87. The summed E-state index contributed by atoms with van der Waals surface area (Å²) >= 11 is 0. The molecule has 2 aromatic rings. The number of aromatic hydroxyl groups is 2. The topological polar surface area (TPSA) is 105 Å². The summed E-state index contributed by atoms with van der Waals surface area (Å²) in [7, 11) is 1.43. The third-order valence-electron chi connectivity index (χ3n) is 2.76. The van der Waals surface area contributed by atoms with Gasteiger partial charge in [-0.3, -0.25) is 15.1 Å². The molecule has 0 spiro atoms. The lowest BCUT2D eigenvalue weighted by Crippen LogP contribution is -1.88. The van der Waals surface area contributed by atoms with Crippen molar-refractivity contribution in [1.82, 2.24) is 0 Å². The molecule has 2 N–H and O–H groups in total. The lowest BCUT2D eigenvalue weighted by molar-refractivity contribution is -0.384. The molecule has 7 heteroatoms. The summed E-state index contributed by atoms with van der Waals surface area (Å²) in [5.74, 6) is -0.0974. The monoisotopic (exact) mass is 288 g/mol. The van der Waals surface area contributed by atoms with Crippen LogP contribution < -0.4 is 4.74 Å². The average Bonchev–Trinajstić information content (AvgIpc) is 2.47. The van der Waals surface area contributed by atoms with Gasteiger partial charge in [-0.05, 0) is 18.2 Å². The minimum atomic E-state index is -0.610. The number of nitro benzene ring substituents is 1. The molecule has 0 aliphatic heterocycles. The van der Waals surface area contributed by atoms with Gasteiger partial charge in [-0.2, -0.15) is 0 Å². The predicted octanol–water partition coefficient (Wildman–Crippen LogP) is 2.77. The van der Waals surface area contributed by atoms with Gasteiger partial charge in [0.1, 0.15) is 11.4 Å². The van der Waals surface area contributed by atoms with Crippen LogP contribution in [0.2, 0.25) is 0 Å². The molecule has 0 amide bonds. The Balaban J connectivity index is 2.32. The van der Waals surface area contributed by atoms with Gasteiger partial charge in [0, 0.05) is 17.8 Å². The maximum atomic E-state index is 10.6. The van der Waals surface area contributed by atoms with E-state index in [9.17, 15) is 20.3 Å². The van der Waals surface area contributed by atoms with E-state index in [-0.39, 0.29) is 22.9 Å². The minimum Gasteiger partial charge on any atom is -0.505 e. The first kappa shape index (κ1) is 14.3. The molecule has 0 heterocycles. The molecule has 0 radical (unpaired) electrons. The molecule has 0 atom stereocenters. The average molecular weight is 288 g/mol. The number of nitro groups is 1. The van der Waals surface area contributed by atoms with Crippen molar-refractivity contribution in [2.24, 2.45) is 4.99 Å². The summed E-state index contributed by atoms with van der Waals surface area (Å²) in [4.78, 5) is 14.0. The zero-order valence-corrected chi connectivity index (χ0v) is 11.1. The van der Waals surface area contributed by atoms with E-state index in [4.69, 9.17) is 4.74 Å². The van der Waals surface area contributed by atoms with Gasteiger partial charge in [0.2, 0.25) is 0 Å². The van der Waals surface area contributed by atoms with Gasteiger partial charge in [0.05, 0.1) is 18.1 Å². The van der Waals surface area contributed by atoms with E-state index in [1.807, 2.05) is 0 Å². The van der Waals surface area contributed by atoms with Gasteiger partial charge < -0.3 is 14.9 Å². The molecular weight excluding hydrogens is 276 g/mol. The van der Waals surface area contributed by atoms with Crippen LogP contribution in [0.1, 0.15) is 5.56 Å². The fraction of sp³-hybridized carbons (Fsp3) is 0.0714. The first-order chi connectivity index (χ1) is 10.0. The second-order valence-corrected chi connectivity index (χ2v) is 4.09. The summed E-state index contributed by atoms with van der Waals surface area (Å²) in [6, 6.07) is 8.45. The summed E-state index contributed by atoms with van der Waals surface area (Å²) in [6.07, 6.45) is 1.33. The fourth-order valence-corrected chi connectivity index (χ4v) is 1.68. The van der Waals surface area contributed by atoms with Crippen LogP contribution in [0.3, 0.4) is 0 Å². The number of methoxy groups -OCH3 is 1. The second-order valence-electron chi connectivity index (χ2n) is 4.09. The van der Waals surface area contributed by atoms with Crippen molar-refractivity contribution in [3.8, 4) is 17.2 Å². The summed E-state index contributed by atoms with van der Waals surface area (Å²) in [5, 5.41) is 30.1. The van der Waals surface area contributed by atoms with Crippen LogP contribution in [-0.2, 0) is 0 Å². The molecule has 0 fully saturated rings. The Morgan fingerprint density at radius 1 is 1.29 bits per heavy atom. The number of non-ortho nitro benzene ring substituents is 1. The Hall–Kier alpha value is -3.09. The standard InChI is InChI=1S/C14H12N2O5/c1-21-13-4-2-3-9(14(13)18)8-15-11-6-5-10(16(19)20)7-12(11)17/h2-8,17-18H,1H3. The van der Waals surface area contributed by atoms with Crippen molar-refractivity contribution < 1.29 is 19.9 Å². The first-order valence-corrected chi connectivity index (χ1v) is 5.90. The van der Waals surface area contributed by atoms with Crippen LogP contribution in [0.25, 0.3) is 0 Å². The van der Waals surface area contributed by atoms with E-state index >= 15 is 0 Å². The molecule has 21 heavy (non-hydrogen) atoms. The van der Waals surface area contributed by atoms with Gasteiger partial charge in [-0.15, -0.1) is 0 Å². The van der Waals surface area contributed by atoms with E-state index in [1.165, 1.54) is 25.5 Å². The molecule has 0 unspecified atom stereocenters. The van der Waals surface area contributed by atoms with Crippen molar-refractivity contribution in [1.29, 1.82) is 0 Å². The van der Waals surface area contributed by atoms with Crippen molar-refractivity contribution in [3.63, 3.8) is 0 Å². The van der Waals surface area contributed by atoms with E-state index in [1.54, 1.807) is 18.2 Å². The minimum absolute atomic E-state index is 0.0786. The van der Waals surface area contributed by atoms with Crippen molar-refractivity contribution in [2.75, 3.05) is 7.11 Å². The lowest BCUT2D eigenvalue weighted by Gasteiger charge is -2.05.